The van der Waals surface area contributed by atoms with E-state index in [0.717, 1.165) is 25.8 Å². The second kappa shape index (κ2) is 6.26. The number of likely N-dealkylation sites (tertiary alicyclic amines) is 1. The van der Waals surface area contributed by atoms with E-state index in [0.29, 0.717) is 26.9 Å². The molecule has 0 spiro atoms. The quantitative estimate of drug-likeness (QED) is 0.642. The first-order valence-corrected chi connectivity index (χ1v) is 9.29. The average molecular weight is 391 g/mol. The van der Waals surface area contributed by atoms with Crippen LogP contribution < -0.4 is 4.74 Å². The van der Waals surface area contributed by atoms with E-state index in [1.165, 1.54) is 6.07 Å². The Morgan fingerprint density at radius 2 is 1.83 bits per heavy atom. The number of rotatable bonds is 3. The lowest BCUT2D eigenvalue weighted by Gasteiger charge is -2.39. The van der Waals surface area contributed by atoms with Crippen LogP contribution in [0.15, 0.2) is 12.1 Å². The topological polar surface area (TPSA) is 29.5 Å². The molecule has 1 amide bonds. The molecule has 0 unspecified atom stereocenters. The van der Waals surface area contributed by atoms with Crippen LogP contribution in [0, 0.1) is 10.8 Å². The van der Waals surface area contributed by atoms with E-state index in [2.05, 4.69) is 20.8 Å². The summed E-state index contributed by atoms with van der Waals surface area (Å²) in [5.74, 6) is 0.386. The highest BCUT2D eigenvalue weighted by Gasteiger charge is 2.50. The molecule has 1 heterocycles. The number of fused-ring (bicyclic) bond motifs is 2. The summed E-state index contributed by atoms with van der Waals surface area (Å²) in [7, 11) is 0. The van der Waals surface area contributed by atoms with Crippen LogP contribution in [-0.2, 0) is 4.79 Å². The van der Waals surface area contributed by atoms with Gasteiger partial charge >= 0.3 is 0 Å². The lowest BCUT2D eigenvalue weighted by molar-refractivity contribution is -0.134. The summed E-state index contributed by atoms with van der Waals surface area (Å²) in [6.07, 6.45) is 3.28. The molecule has 1 saturated carbocycles. The zero-order valence-corrected chi connectivity index (χ0v) is 16.4. The second-order valence-electron chi connectivity index (χ2n) is 8.22. The number of amides is 1. The standard InChI is InChI=1S/C18H22Cl3NO2/c1-17(2)6-11-7-18(3,9-17)10-22(11)16(23)8-24-15-5-13(20)12(19)4-14(15)21/h4-5,11H,6-10H2,1-3H3/t11-,18-/m0/s1. The van der Waals surface area contributed by atoms with E-state index in [9.17, 15) is 4.79 Å². The number of ether oxygens (including phenoxy) is 1. The highest BCUT2D eigenvalue weighted by molar-refractivity contribution is 6.43. The van der Waals surface area contributed by atoms with Crippen LogP contribution in [0.3, 0.4) is 0 Å². The van der Waals surface area contributed by atoms with Crippen LogP contribution in [0.4, 0.5) is 0 Å². The molecular formula is C18H22Cl3NO2. The molecule has 24 heavy (non-hydrogen) atoms. The van der Waals surface area contributed by atoms with Crippen LogP contribution in [-0.4, -0.2) is 30.0 Å². The molecule has 1 aromatic rings. The summed E-state index contributed by atoms with van der Waals surface area (Å²) in [6.45, 7) is 7.63. The Bertz CT molecular complexity index is 676. The fourth-order valence-electron chi connectivity index (χ4n) is 4.59. The van der Waals surface area contributed by atoms with Crippen molar-refractivity contribution in [2.24, 2.45) is 10.8 Å². The van der Waals surface area contributed by atoms with Crippen molar-refractivity contribution < 1.29 is 9.53 Å². The van der Waals surface area contributed by atoms with Gasteiger partial charge in [0, 0.05) is 18.7 Å². The molecule has 1 aliphatic heterocycles. The van der Waals surface area contributed by atoms with Crippen molar-refractivity contribution in [1.29, 1.82) is 0 Å². The third-order valence-electron chi connectivity index (χ3n) is 5.06. The molecule has 2 atom stereocenters. The van der Waals surface area contributed by atoms with Crippen LogP contribution in [0.1, 0.15) is 40.0 Å². The van der Waals surface area contributed by atoms with Gasteiger partial charge in [0.2, 0.25) is 0 Å². The maximum atomic E-state index is 12.7. The minimum Gasteiger partial charge on any atom is -0.482 e. The van der Waals surface area contributed by atoms with E-state index in [1.807, 2.05) is 4.90 Å². The third kappa shape index (κ3) is 3.63. The van der Waals surface area contributed by atoms with E-state index < -0.39 is 0 Å². The van der Waals surface area contributed by atoms with Crippen molar-refractivity contribution in [3.05, 3.63) is 27.2 Å². The molecule has 3 rings (SSSR count). The van der Waals surface area contributed by atoms with Crippen LogP contribution >= 0.6 is 34.8 Å². The van der Waals surface area contributed by atoms with Gasteiger partial charge in [0.1, 0.15) is 5.75 Å². The summed E-state index contributed by atoms with van der Waals surface area (Å²) in [5.41, 5.74) is 0.490. The van der Waals surface area contributed by atoms with Gasteiger partial charge in [0.25, 0.3) is 5.91 Å². The van der Waals surface area contributed by atoms with Crippen molar-refractivity contribution in [3.63, 3.8) is 0 Å². The number of nitrogens with zero attached hydrogens (tertiary/aromatic N) is 1. The SMILES string of the molecule is CC1(C)C[C@H]2C[C@](C)(CN2C(=O)COc2cc(Cl)c(Cl)cc2Cl)C1. The summed E-state index contributed by atoms with van der Waals surface area (Å²) >= 11 is 18.0. The van der Waals surface area contributed by atoms with Gasteiger partial charge in [0.15, 0.2) is 6.61 Å². The minimum atomic E-state index is -0.0370. The highest BCUT2D eigenvalue weighted by Crippen LogP contribution is 2.52. The van der Waals surface area contributed by atoms with E-state index in [1.54, 1.807) is 6.07 Å². The fraction of sp³-hybridized carbons (Fsp3) is 0.611. The molecule has 132 valence electrons. The van der Waals surface area contributed by atoms with Crippen LogP contribution in [0.25, 0.3) is 0 Å². The predicted molar refractivity (Wildman–Crippen MR) is 98.2 cm³/mol. The molecule has 0 radical (unpaired) electrons. The van der Waals surface area contributed by atoms with Gasteiger partial charge in [-0.1, -0.05) is 55.6 Å². The predicted octanol–water partition coefficient (Wildman–Crippen LogP) is 5.45. The van der Waals surface area contributed by atoms with Crippen LogP contribution in [0.2, 0.25) is 15.1 Å². The zero-order valence-electron chi connectivity index (χ0n) is 14.2. The van der Waals surface area contributed by atoms with Crippen molar-refractivity contribution in [3.8, 4) is 5.75 Å². The largest absolute Gasteiger partial charge is 0.482 e. The Hall–Kier alpha value is -0.640. The van der Waals surface area contributed by atoms with Gasteiger partial charge in [-0.3, -0.25) is 4.79 Å². The van der Waals surface area contributed by atoms with E-state index >= 15 is 0 Å². The Morgan fingerprint density at radius 1 is 1.17 bits per heavy atom. The summed E-state index contributed by atoms with van der Waals surface area (Å²) in [5, 5.41) is 1.07. The smallest absolute Gasteiger partial charge is 0.260 e. The van der Waals surface area contributed by atoms with Crippen molar-refractivity contribution >= 4 is 40.7 Å². The first-order valence-electron chi connectivity index (χ1n) is 8.15. The summed E-state index contributed by atoms with van der Waals surface area (Å²) < 4.78 is 5.61. The average Bonchev–Trinajstić information content (AvgIpc) is 2.70. The van der Waals surface area contributed by atoms with Crippen molar-refractivity contribution in [2.45, 2.75) is 46.1 Å². The third-order valence-corrected chi connectivity index (χ3v) is 6.08. The normalized spacial score (nSPS) is 28.1. The molecule has 1 aliphatic carbocycles. The number of halogens is 3. The molecule has 6 heteroatoms. The first-order chi connectivity index (χ1) is 11.1. The molecule has 2 bridgehead atoms. The highest BCUT2D eigenvalue weighted by atomic mass is 35.5. The minimum absolute atomic E-state index is 0.00330. The second-order valence-corrected chi connectivity index (χ2v) is 9.44. The molecule has 0 N–H and O–H groups in total. The van der Waals surface area contributed by atoms with Gasteiger partial charge in [0.05, 0.1) is 15.1 Å². The van der Waals surface area contributed by atoms with Gasteiger partial charge in [-0.25, -0.2) is 0 Å². The maximum absolute atomic E-state index is 12.7. The number of benzene rings is 1. The molecule has 3 nitrogen and oxygen atoms in total. The van der Waals surface area contributed by atoms with E-state index in [4.69, 9.17) is 39.5 Å². The van der Waals surface area contributed by atoms with E-state index in [-0.39, 0.29) is 23.3 Å². The van der Waals surface area contributed by atoms with Gasteiger partial charge in [-0.15, -0.1) is 0 Å². The monoisotopic (exact) mass is 389 g/mol. The lowest BCUT2D eigenvalue weighted by Crippen LogP contribution is -2.40. The Morgan fingerprint density at radius 3 is 2.54 bits per heavy atom. The molecule has 2 fully saturated rings. The Balaban J connectivity index is 1.67. The fourth-order valence-corrected chi connectivity index (χ4v) is 5.18. The first kappa shape index (κ1) is 18.2. The van der Waals surface area contributed by atoms with Gasteiger partial charge < -0.3 is 9.64 Å². The zero-order chi connectivity index (χ0) is 17.7. The molecule has 2 aliphatic rings. The molecule has 0 aromatic heterocycles. The maximum Gasteiger partial charge on any atom is 0.260 e. The summed E-state index contributed by atoms with van der Waals surface area (Å²) in [4.78, 5) is 14.7. The number of hydrogen-bond acceptors (Lipinski definition) is 2. The number of carbonyl (C=O) groups is 1. The molecular weight excluding hydrogens is 369 g/mol. The van der Waals surface area contributed by atoms with Crippen molar-refractivity contribution in [2.75, 3.05) is 13.2 Å². The number of hydrogen-bond donors (Lipinski definition) is 0. The number of carbonyl (C=O) groups excluding carboxylic acids is 1. The Labute approximate surface area is 158 Å². The van der Waals surface area contributed by atoms with Crippen LogP contribution in [0.5, 0.6) is 5.75 Å². The lowest BCUT2D eigenvalue weighted by atomic mass is 9.65. The van der Waals surface area contributed by atoms with Crippen molar-refractivity contribution in [1.82, 2.24) is 4.90 Å². The molecule has 1 aromatic carbocycles. The summed E-state index contributed by atoms with van der Waals surface area (Å²) in [6, 6.07) is 3.38. The Kier molecular flexibility index (Phi) is 4.74. The van der Waals surface area contributed by atoms with Gasteiger partial charge in [-0.05, 0) is 36.2 Å². The molecule has 1 saturated heterocycles. The van der Waals surface area contributed by atoms with Gasteiger partial charge in [-0.2, -0.15) is 0 Å².